The number of carbonyl (C=O) groups excluding carboxylic acids is 1. The lowest BCUT2D eigenvalue weighted by Gasteiger charge is -2.47. The van der Waals surface area contributed by atoms with E-state index in [1.165, 1.54) is 0 Å². The van der Waals surface area contributed by atoms with Crippen molar-refractivity contribution >= 4 is 11.9 Å². The number of hydrogen-bond donors (Lipinski definition) is 1. The molecule has 3 aliphatic rings. The standard InChI is InChI=1S/C18H24F3N5O2/c19-18(20,21)13-11-23-16(24-12-13)26-7-5-25(6-8-26)15(27)10-17(3-9-28-17)14-2-1-4-22-14/h11-12,14,22H,1-10H2/t14-,17?/m0/s1. The van der Waals surface area contributed by atoms with Crippen LogP contribution in [0.2, 0.25) is 0 Å². The molecule has 3 aliphatic heterocycles. The van der Waals surface area contributed by atoms with Crippen LogP contribution in [0.3, 0.4) is 0 Å². The van der Waals surface area contributed by atoms with Gasteiger partial charge < -0.3 is 19.9 Å². The summed E-state index contributed by atoms with van der Waals surface area (Å²) in [5.41, 5.74) is -1.24. The molecule has 1 aromatic rings. The second-order valence-corrected chi connectivity index (χ2v) is 7.63. The summed E-state index contributed by atoms with van der Waals surface area (Å²) in [6.07, 6.45) is 0.564. The number of piperazine rings is 1. The number of nitrogens with one attached hydrogen (secondary N) is 1. The van der Waals surface area contributed by atoms with Gasteiger partial charge in [-0.15, -0.1) is 0 Å². The van der Waals surface area contributed by atoms with E-state index in [0.29, 0.717) is 39.2 Å². The molecule has 154 valence electrons. The summed E-state index contributed by atoms with van der Waals surface area (Å²) < 4.78 is 43.8. The second kappa shape index (κ2) is 7.47. The third-order valence-corrected chi connectivity index (χ3v) is 5.94. The average molecular weight is 399 g/mol. The number of ether oxygens (including phenoxy) is 1. The Kier molecular flexibility index (Phi) is 5.17. The molecule has 2 atom stereocenters. The van der Waals surface area contributed by atoms with Crippen molar-refractivity contribution in [2.24, 2.45) is 0 Å². The van der Waals surface area contributed by atoms with Gasteiger partial charge in [-0.3, -0.25) is 4.79 Å². The van der Waals surface area contributed by atoms with Gasteiger partial charge in [-0.05, 0) is 19.4 Å². The summed E-state index contributed by atoms with van der Waals surface area (Å²) in [5, 5.41) is 3.45. The quantitative estimate of drug-likeness (QED) is 0.827. The second-order valence-electron chi connectivity index (χ2n) is 7.63. The number of aromatic nitrogens is 2. The molecule has 4 rings (SSSR count). The predicted octanol–water partition coefficient (Wildman–Crippen LogP) is 1.45. The Balaban J connectivity index is 1.32. The zero-order valence-corrected chi connectivity index (χ0v) is 15.5. The van der Waals surface area contributed by atoms with E-state index >= 15 is 0 Å². The molecule has 1 N–H and O–H groups in total. The smallest absolute Gasteiger partial charge is 0.373 e. The van der Waals surface area contributed by atoms with E-state index in [0.717, 1.165) is 38.2 Å². The summed E-state index contributed by atoms with van der Waals surface area (Å²) in [7, 11) is 0. The van der Waals surface area contributed by atoms with Crippen molar-refractivity contribution in [3.8, 4) is 0 Å². The van der Waals surface area contributed by atoms with Gasteiger partial charge in [0.05, 0.1) is 24.2 Å². The monoisotopic (exact) mass is 399 g/mol. The topological polar surface area (TPSA) is 70.6 Å². The minimum atomic E-state index is -4.45. The van der Waals surface area contributed by atoms with Crippen LogP contribution in [-0.4, -0.2) is 71.7 Å². The number of anilines is 1. The molecule has 7 nitrogen and oxygen atoms in total. The molecule has 28 heavy (non-hydrogen) atoms. The molecule has 4 heterocycles. The SMILES string of the molecule is O=C(CC1([C@@H]2CCCN2)CCO1)N1CCN(c2ncc(C(F)(F)F)cn2)CC1. The number of rotatable bonds is 4. The van der Waals surface area contributed by atoms with Gasteiger partial charge in [-0.2, -0.15) is 13.2 Å². The lowest BCUT2D eigenvalue weighted by atomic mass is 9.82. The van der Waals surface area contributed by atoms with Gasteiger partial charge in [-0.1, -0.05) is 0 Å². The van der Waals surface area contributed by atoms with Gasteiger partial charge in [0.15, 0.2) is 0 Å². The Labute approximate surface area is 161 Å². The highest BCUT2D eigenvalue weighted by atomic mass is 19.4. The maximum absolute atomic E-state index is 12.8. The minimum Gasteiger partial charge on any atom is -0.373 e. The molecule has 0 bridgehead atoms. The first-order valence-corrected chi connectivity index (χ1v) is 9.67. The zero-order chi connectivity index (χ0) is 19.8. The highest BCUT2D eigenvalue weighted by Crippen LogP contribution is 2.37. The Bertz CT molecular complexity index is 694. The first-order valence-electron chi connectivity index (χ1n) is 9.67. The van der Waals surface area contributed by atoms with Crippen LogP contribution >= 0.6 is 0 Å². The number of amides is 1. The van der Waals surface area contributed by atoms with Gasteiger partial charge in [0.1, 0.15) is 0 Å². The van der Waals surface area contributed by atoms with Crippen LogP contribution in [0.5, 0.6) is 0 Å². The van der Waals surface area contributed by atoms with E-state index in [4.69, 9.17) is 4.74 Å². The van der Waals surface area contributed by atoms with Crippen LogP contribution in [-0.2, 0) is 15.7 Å². The van der Waals surface area contributed by atoms with Gasteiger partial charge >= 0.3 is 6.18 Å². The van der Waals surface area contributed by atoms with Crippen molar-refractivity contribution in [3.63, 3.8) is 0 Å². The zero-order valence-electron chi connectivity index (χ0n) is 15.5. The first-order chi connectivity index (χ1) is 13.4. The number of nitrogens with zero attached hydrogens (tertiary/aromatic N) is 4. The predicted molar refractivity (Wildman–Crippen MR) is 94.8 cm³/mol. The Morgan fingerprint density at radius 3 is 2.43 bits per heavy atom. The molecule has 0 radical (unpaired) electrons. The van der Waals surface area contributed by atoms with Gasteiger partial charge in [0, 0.05) is 51.0 Å². The van der Waals surface area contributed by atoms with Gasteiger partial charge in [0.2, 0.25) is 11.9 Å². The molecule has 0 saturated carbocycles. The Hall–Kier alpha value is -1.94. The number of carbonyl (C=O) groups is 1. The van der Waals surface area contributed by atoms with Crippen molar-refractivity contribution in [2.75, 3.05) is 44.2 Å². The van der Waals surface area contributed by atoms with Crippen LogP contribution in [0.4, 0.5) is 19.1 Å². The van der Waals surface area contributed by atoms with Crippen LogP contribution in [0.1, 0.15) is 31.2 Å². The third-order valence-electron chi connectivity index (χ3n) is 5.94. The summed E-state index contributed by atoms with van der Waals surface area (Å²) in [4.78, 5) is 24.1. The van der Waals surface area contributed by atoms with E-state index in [2.05, 4.69) is 15.3 Å². The van der Waals surface area contributed by atoms with Crippen molar-refractivity contribution in [2.45, 2.75) is 43.5 Å². The van der Waals surface area contributed by atoms with Crippen molar-refractivity contribution in [1.29, 1.82) is 0 Å². The molecule has 0 aromatic carbocycles. The van der Waals surface area contributed by atoms with Crippen molar-refractivity contribution < 1.29 is 22.7 Å². The molecular weight excluding hydrogens is 375 g/mol. The molecule has 3 saturated heterocycles. The Morgan fingerprint density at radius 2 is 1.93 bits per heavy atom. The molecular formula is C18H24F3N5O2. The molecule has 1 aromatic heterocycles. The van der Waals surface area contributed by atoms with Crippen LogP contribution in [0, 0.1) is 0 Å². The van der Waals surface area contributed by atoms with Crippen molar-refractivity contribution in [1.82, 2.24) is 20.2 Å². The fraction of sp³-hybridized carbons (Fsp3) is 0.722. The molecule has 1 amide bonds. The highest BCUT2D eigenvalue weighted by Gasteiger charge is 2.48. The fourth-order valence-corrected chi connectivity index (χ4v) is 4.19. The van der Waals surface area contributed by atoms with E-state index in [9.17, 15) is 18.0 Å². The van der Waals surface area contributed by atoms with Gasteiger partial charge in [0.25, 0.3) is 0 Å². The first kappa shape index (κ1) is 19.4. The van der Waals surface area contributed by atoms with Crippen LogP contribution in [0.15, 0.2) is 12.4 Å². The van der Waals surface area contributed by atoms with E-state index in [1.807, 2.05) is 0 Å². The normalized spacial score (nSPS) is 28.3. The summed E-state index contributed by atoms with van der Waals surface area (Å²) >= 11 is 0. The minimum absolute atomic E-state index is 0.0707. The molecule has 1 unspecified atom stereocenters. The maximum Gasteiger partial charge on any atom is 0.419 e. The summed E-state index contributed by atoms with van der Waals surface area (Å²) in [6.45, 7) is 3.65. The number of hydrogen-bond acceptors (Lipinski definition) is 6. The molecule has 0 spiro atoms. The summed E-state index contributed by atoms with van der Waals surface area (Å²) in [5.74, 6) is 0.329. The maximum atomic E-state index is 12.8. The number of alkyl halides is 3. The summed E-state index contributed by atoms with van der Waals surface area (Å²) in [6, 6.07) is 0.243. The van der Waals surface area contributed by atoms with Gasteiger partial charge in [-0.25, -0.2) is 9.97 Å². The van der Waals surface area contributed by atoms with E-state index in [-0.39, 0.29) is 23.5 Å². The highest BCUT2D eigenvalue weighted by molar-refractivity contribution is 5.78. The molecule has 3 fully saturated rings. The van der Waals surface area contributed by atoms with E-state index < -0.39 is 11.7 Å². The van der Waals surface area contributed by atoms with Crippen LogP contribution < -0.4 is 10.2 Å². The molecule has 10 heteroatoms. The Morgan fingerprint density at radius 1 is 1.25 bits per heavy atom. The lowest BCUT2D eigenvalue weighted by molar-refractivity contribution is -0.178. The largest absolute Gasteiger partial charge is 0.419 e. The lowest BCUT2D eigenvalue weighted by Crippen LogP contribution is -2.60. The van der Waals surface area contributed by atoms with E-state index in [1.54, 1.807) is 9.80 Å². The average Bonchev–Trinajstić information content (AvgIpc) is 3.19. The van der Waals surface area contributed by atoms with Crippen LogP contribution in [0.25, 0.3) is 0 Å². The van der Waals surface area contributed by atoms with Crippen molar-refractivity contribution in [3.05, 3.63) is 18.0 Å². The molecule has 0 aliphatic carbocycles. The fourth-order valence-electron chi connectivity index (χ4n) is 4.19. The third kappa shape index (κ3) is 3.80. The number of halogens is 3.